The molecule has 1 amide bonds. The van der Waals surface area contributed by atoms with Crippen LogP contribution in [-0.4, -0.2) is 37.6 Å². The number of likely N-dealkylation sites (tertiary alicyclic amines) is 1. The highest BCUT2D eigenvalue weighted by molar-refractivity contribution is 5.80. The van der Waals surface area contributed by atoms with Crippen LogP contribution in [-0.2, 0) is 9.53 Å². The largest absolute Gasteiger partial charge is 0.381 e. The van der Waals surface area contributed by atoms with E-state index in [1.54, 1.807) is 4.90 Å². The van der Waals surface area contributed by atoms with Gasteiger partial charge in [0, 0.05) is 20.2 Å². The van der Waals surface area contributed by atoms with Crippen LogP contribution in [0.1, 0.15) is 13.3 Å². The minimum atomic E-state index is 0.125. The molecule has 1 saturated heterocycles. The monoisotopic (exact) mass is 157 g/mol. The number of carbonyl (C=O) groups excluding carboxylic acids is 1. The van der Waals surface area contributed by atoms with Crippen molar-refractivity contribution in [3.8, 4) is 0 Å². The number of ether oxygens (including phenoxy) is 1. The van der Waals surface area contributed by atoms with Gasteiger partial charge in [-0.3, -0.25) is 4.79 Å². The Kier molecular flexibility index (Phi) is 2.88. The zero-order chi connectivity index (χ0) is 8.27. The van der Waals surface area contributed by atoms with E-state index in [1.807, 2.05) is 14.0 Å². The van der Waals surface area contributed by atoms with Gasteiger partial charge >= 0.3 is 0 Å². The standard InChI is InChI=1S/C8H15NO2/c1-3-11-6-7-4-5-9(2)8(7)10/h7H,3-6H2,1-2H3. The molecule has 0 spiro atoms. The number of carbonyl (C=O) groups is 1. The van der Waals surface area contributed by atoms with Crippen molar-refractivity contribution < 1.29 is 9.53 Å². The third-order valence-electron chi connectivity index (χ3n) is 2.06. The summed E-state index contributed by atoms with van der Waals surface area (Å²) in [6, 6.07) is 0. The molecule has 11 heavy (non-hydrogen) atoms. The van der Waals surface area contributed by atoms with Gasteiger partial charge in [-0.1, -0.05) is 0 Å². The molecule has 1 atom stereocenters. The third kappa shape index (κ3) is 1.93. The van der Waals surface area contributed by atoms with Crippen LogP contribution < -0.4 is 0 Å². The smallest absolute Gasteiger partial charge is 0.227 e. The van der Waals surface area contributed by atoms with E-state index in [9.17, 15) is 4.79 Å². The average Bonchev–Trinajstić information content (AvgIpc) is 2.31. The maximum Gasteiger partial charge on any atom is 0.227 e. The van der Waals surface area contributed by atoms with Crippen molar-refractivity contribution >= 4 is 5.91 Å². The normalized spacial score (nSPS) is 24.7. The van der Waals surface area contributed by atoms with Gasteiger partial charge in [-0.15, -0.1) is 0 Å². The van der Waals surface area contributed by atoms with Gasteiger partial charge < -0.3 is 9.64 Å². The Morgan fingerprint density at radius 3 is 2.91 bits per heavy atom. The first kappa shape index (κ1) is 8.53. The summed E-state index contributed by atoms with van der Waals surface area (Å²) in [5.41, 5.74) is 0. The SMILES string of the molecule is CCOCC1CCN(C)C1=O. The van der Waals surface area contributed by atoms with Gasteiger partial charge in [-0.05, 0) is 13.3 Å². The fourth-order valence-corrected chi connectivity index (χ4v) is 1.31. The summed E-state index contributed by atoms with van der Waals surface area (Å²) in [4.78, 5) is 13.0. The maximum atomic E-state index is 11.3. The molecule has 64 valence electrons. The second kappa shape index (κ2) is 3.72. The molecule has 0 aromatic rings. The quantitative estimate of drug-likeness (QED) is 0.597. The number of hydrogen-bond donors (Lipinski definition) is 0. The molecule has 1 unspecified atom stereocenters. The molecular formula is C8H15NO2. The minimum Gasteiger partial charge on any atom is -0.381 e. The Morgan fingerprint density at radius 2 is 2.45 bits per heavy atom. The van der Waals surface area contributed by atoms with Crippen LogP contribution in [0.5, 0.6) is 0 Å². The second-order valence-corrected chi connectivity index (χ2v) is 2.90. The molecule has 0 aliphatic carbocycles. The molecule has 3 nitrogen and oxygen atoms in total. The van der Waals surface area contributed by atoms with Crippen molar-refractivity contribution in [3.63, 3.8) is 0 Å². The molecular weight excluding hydrogens is 142 g/mol. The van der Waals surface area contributed by atoms with Crippen LogP contribution in [0.2, 0.25) is 0 Å². The highest BCUT2D eigenvalue weighted by atomic mass is 16.5. The molecule has 0 bridgehead atoms. The summed E-state index contributed by atoms with van der Waals surface area (Å²) in [6.07, 6.45) is 0.954. The highest BCUT2D eigenvalue weighted by Crippen LogP contribution is 2.15. The van der Waals surface area contributed by atoms with Gasteiger partial charge in [0.25, 0.3) is 0 Å². The van der Waals surface area contributed by atoms with Crippen molar-refractivity contribution in [3.05, 3.63) is 0 Å². The summed E-state index contributed by atoms with van der Waals surface area (Å²) in [6.45, 7) is 4.13. The van der Waals surface area contributed by atoms with Crippen LogP contribution in [0.4, 0.5) is 0 Å². The predicted molar refractivity (Wildman–Crippen MR) is 42.2 cm³/mol. The summed E-state index contributed by atoms with van der Waals surface area (Å²) in [5.74, 6) is 0.360. The van der Waals surface area contributed by atoms with Gasteiger partial charge in [-0.2, -0.15) is 0 Å². The predicted octanol–water partition coefficient (Wildman–Crippen LogP) is 0.501. The van der Waals surface area contributed by atoms with Crippen molar-refractivity contribution in [1.82, 2.24) is 4.90 Å². The van der Waals surface area contributed by atoms with Gasteiger partial charge in [0.1, 0.15) is 0 Å². The van der Waals surface area contributed by atoms with Gasteiger partial charge in [-0.25, -0.2) is 0 Å². The van der Waals surface area contributed by atoms with E-state index in [2.05, 4.69) is 0 Å². The fourth-order valence-electron chi connectivity index (χ4n) is 1.31. The number of hydrogen-bond acceptors (Lipinski definition) is 2. The highest BCUT2D eigenvalue weighted by Gasteiger charge is 2.28. The fraction of sp³-hybridized carbons (Fsp3) is 0.875. The second-order valence-electron chi connectivity index (χ2n) is 2.90. The molecule has 0 radical (unpaired) electrons. The summed E-state index contributed by atoms with van der Waals surface area (Å²) in [7, 11) is 1.84. The lowest BCUT2D eigenvalue weighted by molar-refractivity contribution is -0.131. The van der Waals surface area contributed by atoms with Crippen molar-refractivity contribution in [2.75, 3.05) is 26.8 Å². The van der Waals surface area contributed by atoms with Crippen molar-refractivity contribution in [1.29, 1.82) is 0 Å². The van der Waals surface area contributed by atoms with E-state index in [1.165, 1.54) is 0 Å². The zero-order valence-electron chi connectivity index (χ0n) is 7.17. The molecule has 0 N–H and O–H groups in total. The van der Waals surface area contributed by atoms with Crippen LogP contribution in [0.15, 0.2) is 0 Å². The Morgan fingerprint density at radius 1 is 1.73 bits per heavy atom. The van der Waals surface area contributed by atoms with E-state index in [4.69, 9.17) is 4.74 Å². The first-order valence-corrected chi connectivity index (χ1v) is 4.08. The van der Waals surface area contributed by atoms with Crippen molar-refractivity contribution in [2.45, 2.75) is 13.3 Å². The third-order valence-corrected chi connectivity index (χ3v) is 2.06. The lowest BCUT2D eigenvalue weighted by Gasteiger charge is -2.09. The number of rotatable bonds is 3. The Hall–Kier alpha value is -0.570. The molecule has 1 aliphatic rings. The molecule has 0 aromatic carbocycles. The molecule has 0 saturated carbocycles. The number of amides is 1. The van der Waals surface area contributed by atoms with Crippen LogP contribution in [0.3, 0.4) is 0 Å². The van der Waals surface area contributed by atoms with E-state index in [0.29, 0.717) is 13.2 Å². The van der Waals surface area contributed by atoms with Crippen LogP contribution >= 0.6 is 0 Å². The molecule has 0 aromatic heterocycles. The Bertz CT molecular complexity index is 147. The maximum absolute atomic E-state index is 11.3. The lowest BCUT2D eigenvalue weighted by atomic mass is 10.1. The van der Waals surface area contributed by atoms with E-state index in [0.717, 1.165) is 13.0 Å². The Labute approximate surface area is 67.3 Å². The summed E-state index contributed by atoms with van der Waals surface area (Å²) < 4.78 is 5.19. The average molecular weight is 157 g/mol. The Balaban J connectivity index is 2.30. The lowest BCUT2D eigenvalue weighted by Crippen LogP contribution is -2.24. The molecule has 3 heteroatoms. The first-order valence-electron chi connectivity index (χ1n) is 4.08. The summed E-state index contributed by atoms with van der Waals surface area (Å²) in [5, 5.41) is 0. The van der Waals surface area contributed by atoms with Gasteiger partial charge in [0.2, 0.25) is 5.91 Å². The van der Waals surface area contributed by atoms with E-state index in [-0.39, 0.29) is 11.8 Å². The first-order chi connectivity index (χ1) is 5.25. The van der Waals surface area contributed by atoms with Crippen LogP contribution in [0.25, 0.3) is 0 Å². The summed E-state index contributed by atoms with van der Waals surface area (Å²) >= 11 is 0. The topological polar surface area (TPSA) is 29.5 Å². The minimum absolute atomic E-state index is 0.125. The number of nitrogens with zero attached hydrogens (tertiary/aromatic N) is 1. The van der Waals surface area contributed by atoms with E-state index < -0.39 is 0 Å². The molecule has 1 fully saturated rings. The van der Waals surface area contributed by atoms with Crippen molar-refractivity contribution in [2.24, 2.45) is 5.92 Å². The molecule has 1 aliphatic heterocycles. The molecule has 1 rings (SSSR count). The van der Waals surface area contributed by atoms with Gasteiger partial charge in [0.15, 0.2) is 0 Å². The molecule has 1 heterocycles. The zero-order valence-corrected chi connectivity index (χ0v) is 7.17. The van der Waals surface area contributed by atoms with Gasteiger partial charge in [0.05, 0.1) is 12.5 Å². The van der Waals surface area contributed by atoms with E-state index >= 15 is 0 Å². The van der Waals surface area contributed by atoms with Crippen LogP contribution in [0, 0.1) is 5.92 Å².